The molecule has 0 bridgehead atoms. The molecule has 0 saturated carbocycles. The molecule has 1 fully saturated rings. The van der Waals surface area contributed by atoms with Gasteiger partial charge in [-0.15, -0.1) is 0 Å². The van der Waals surface area contributed by atoms with Crippen molar-refractivity contribution < 1.29 is 9.53 Å². The number of hydrogen-bond donors (Lipinski definition) is 0. The Labute approximate surface area is 85.7 Å². The normalized spacial score (nSPS) is 26.5. The van der Waals surface area contributed by atoms with Crippen molar-refractivity contribution in [3.63, 3.8) is 0 Å². The minimum Gasteiger partial charge on any atom is -0.463 e. The number of esters is 1. The van der Waals surface area contributed by atoms with Gasteiger partial charge in [-0.2, -0.15) is 0 Å². The number of hydrogen-bond acceptors (Lipinski definition) is 3. The van der Waals surface area contributed by atoms with Crippen LogP contribution in [0.1, 0.15) is 20.3 Å². The summed E-state index contributed by atoms with van der Waals surface area (Å²) in [7, 11) is 2.11. The van der Waals surface area contributed by atoms with Gasteiger partial charge in [0.15, 0.2) is 0 Å². The molecular formula is C11H19NO2. The van der Waals surface area contributed by atoms with Gasteiger partial charge < -0.3 is 9.64 Å². The van der Waals surface area contributed by atoms with Gasteiger partial charge in [-0.25, -0.2) is 4.79 Å². The van der Waals surface area contributed by atoms with Crippen LogP contribution in [-0.4, -0.2) is 37.6 Å². The van der Waals surface area contributed by atoms with Crippen LogP contribution in [0.4, 0.5) is 0 Å². The van der Waals surface area contributed by atoms with Crippen molar-refractivity contribution in [2.24, 2.45) is 5.92 Å². The monoisotopic (exact) mass is 197 g/mol. The maximum atomic E-state index is 11.2. The van der Waals surface area contributed by atoms with Crippen LogP contribution in [0.25, 0.3) is 0 Å². The fourth-order valence-corrected chi connectivity index (χ4v) is 1.79. The highest BCUT2D eigenvalue weighted by molar-refractivity contribution is 5.82. The lowest BCUT2D eigenvalue weighted by molar-refractivity contribution is -0.137. The van der Waals surface area contributed by atoms with Crippen LogP contribution in [0.15, 0.2) is 11.6 Å². The summed E-state index contributed by atoms with van der Waals surface area (Å²) in [6.07, 6.45) is 2.65. The highest BCUT2D eigenvalue weighted by atomic mass is 16.5. The Hall–Kier alpha value is -0.830. The lowest BCUT2D eigenvalue weighted by Crippen LogP contribution is -2.32. The Morgan fingerprint density at radius 1 is 1.71 bits per heavy atom. The molecule has 80 valence electrons. The molecule has 1 heterocycles. The van der Waals surface area contributed by atoms with E-state index >= 15 is 0 Å². The smallest absolute Gasteiger partial charge is 0.330 e. The van der Waals surface area contributed by atoms with Gasteiger partial charge in [0.1, 0.15) is 0 Å². The zero-order valence-electron chi connectivity index (χ0n) is 9.25. The van der Waals surface area contributed by atoms with Gasteiger partial charge in [0.25, 0.3) is 0 Å². The molecule has 0 amide bonds. The second-order valence-electron chi connectivity index (χ2n) is 3.88. The van der Waals surface area contributed by atoms with Gasteiger partial charge in [0, 0.05) is 19.2 Å². The van der Waals surface area contributed by atoms with Gasteiger partial charge in [-0.05, 0) is 26.3 Å². The fourth-order valence-electron chi connectivity index (χ4n) is 1.79. The number of carbonyl (C=O) groups is 1. The van der Waals surface area contributed by atoms with E-state index in [0.717, 1.165) is 19.5 Å². The second-order valence-corrected chi connectivity index (χ2v) is 3.88. The Morgan fingerprint density at radius 3 is 3.00 bits per heavy atom. The average Bonchev–Trinajstić information content (AvgIpc) is 2.10. The van der Waals surface area contributed by atoms with Crippen molar-refractivity contribution in [3.8, 4) is 0 Å². The molecular weight excluding hydrogens is 178 g/mol. The SMILES string of the molecule is CCOC(=O)/C=C1\CCN(C)CC1C. The first kappa shape index (κ1) is 11.2. The summed E-state index contributed by atoms with van der Waals surface area (Å²) in [4.78, 5) is 13.5. The van der Waals surface area contributed by atoms with Crippen molar-refractivity contribution in [2.45, 2.75) is 20.3 Å². The standard InChI is InChI=1S/C11H19NO2/c1-4-14-11(13)7-10-5-6-12(3)8-9(10)2/h7,9H,4-6,8H2,1-3H3/b10-7+. The minimum atomic E-state index is -0.195. The van der Waals surface area contributed by atoms with Gasteiger partial charge in [0.05, 0.1) is 6.61 Å². The molecule has 3 nitrogen and oxygen atoms in total. The molecule has 3 heteroatoms. The first-order chi connectivity index (χ1) is 6.63. The number of rotatable bonds is 2. The van der Waals surface area contributed by atoms with E-state index in [-0.39, 0.29) is 5.97 Å². The van der Waals surface area contributed by atoms with Crippen molar-refractivity contribution >= 4 is 5.97 Å². The summed E-state index contributed by atoms with van der Waals surface area (Å²) in [5.74, 6) is 0.275. The number of likely N-dealkylation sites (tertiary alicyclic amines) is 1. The Kier molecular flexibility index (Phi) is 4.14. The largest absolute Gasteiger partial charge is 0.463 e. The van der Waals surface area contributed by atoms with Crippen LogP contribution < -0.4 is 0 Å². The highest BCUT2D eigenvalue weighted by Crippen LogP contribution is 2.21. The summed E-state index contributed by atoms with van der Waals surface area (Å²) in [6, 6.07) is 0. The third-order valence-corrected chi connectivity index (χ3v) is 2.59. The topological polar surface area (TPSA) is 29.5 Å². The van der Waals surface area contributed by atoms with E-state index in [4.69, 9.17) is 4.74 Å². The van der Waals surface area contributed by atoms with Crippen molar-refractivity contribution in [1.82, 2.24) is 4.90 Å². The zero-order valence-corrected chi connectivity index (χ0v) is 9.25. The summed E-state index contributed by atoms with van der Waals surface area (Å²) < 4.78 is 4.89. The van der Waals surface area contributed by atoms with Crippen LogP contribution in [0, 0.1) is 5.92 Å². The minimum absolute atomic E-state index is 0.195. The number of carbonyl (C=O) groups excluding carboxylic acids is 1. The van der Waals surface area contributed by atoms with E-state index in [2.05, 4.69) is 18.9 Å². The van der Waals surface area contributed by atoms with Crippen LogP contribution in [0.5, 0.6) is 0 Å². The third kappa shape index (κ3) is 3.14. The Bertz CT molecular complexity index is 235. The van der Waals surface area contributed by atoms with E-state index < -0.39 is 0 Å². The highest BCUT2D eigenvalue weighted by Gasteiger charge is 2.18. The molecule has 14 heavy (non-hydrogen) atoms. The van der Waals surface area contributed by atoms with Crippen LogP contribution >= 0.6 is 0 Å². The molecule has 0 radical (unpaired) electrons. The van der Waals surface area contributed by atoms with Crippen LogP contribution in [0.2, 0.25) is 0 Å². The van der Waals surface area contributed by atoms with Crippen LogP contribution in [0.3, 0.4) is 0 Å². The summed E-state index contributed by atoms with van der Waals surface area (Å²) in [6.45, 7) is 6.51. The average molecular weight is 197 g/mol. The number of nitrogens with zero attached hydrogens (tertiary/aromatic N) is 1. The molecule has 1 atom stereocenters. The number of piperidine rings is 1. The number of ether oxygens (including phenoxy) is 1. The summed E-state index contributed by atoms with van der Waals surface area (Å²) >= 11 is 0. The molecule has 1 aliphatic rings. The van der Waals surface area contributed by atoms with Crippen molar-refractivity contribution in [3.05, 3.63) is 11.6 Å². The molecule has 0 N–H and O–H groups in total. The predicted molar refractivity (Wildman–Crippen MR) is 56.0 cm³/mol. The van der Waals surface area contributed by atoms with E-state index in [1.165, 1.54) is 5.57 Å². The van der Waals surface area contributed by atoms with Crippen LogP contribution in [-0.2, 0) is 9.53 Å². The van der Waals surface area contributed by atoms with Crippen molar-refractivity contribution in [1.29, 1.82) is 0 Å². The van der Waals surface area contributed by atoms with E-state index in [9.17, 15) is 4.79 Å². The summed E-state index contributed by atoms with van der Waals surface area (Å²) in [5.41, 5.74) is 1.22. The zero-order chi connectivity index (χ0) is 10.6. The summed E-state index contributed by atoms with van der Waals surface area (Å²) in [5, 5.41) is 0. The molecule has 1 saturated heterocycles. The Balaban J connectivity index is 2.54. The lowest BCUT2D eigenvalue weighted by atomic mass is 9.93. The third-order valence-electron chi connectivity index (χ3n) is 2.59. The molecule has 0 aromatic rings. The van der Waals surface area contributed by atoms with Gasteiger partial charge in [-0.3, -0.25) is 0 Å². The van der Waals surface area contributed by atoms with Gasteiger partial charge in [0.2, 0.25) is 0 Å². The molecule has 0 aromatic heterocycles. The first-order valence-corrected chi connectivity index (χ1v) is 5.19. The second kappa shape index (κ2) is 5.15. The molecule has 1 rings (SSSR count). The van der Waals surface area contributed by atoms with E-state index in [1.807, 2.05) is 6.92 Å². The predicted octanol–water partition coefficient (Wildman–Crippen LogP) is 1.45. The lowest BCUT2D eigenvalue weighted by Gasteiger charge is -2.29. The molecule has 1 aliphatic heterocycles. The maximum Gasteiger partial charge on any atom is 0.330 e. The molecule has 0 spiro atoms. The Morgan fingerprint density at radius 2 is 2.43 bits per heavy atom. The quantitative estimate of drug-likeness (QED) is 0.495. The maximum absolute atomic E-state index is 11.2. The van der Waals surface area contributed by atoms with Crippen molar-refractivity contribution in [2.75, 3.05) is 26.7 Å². The fraction of sp³-hybridized carbons (Fsp3) is 0.727. The van der Waals surface area contributed by atoms with Gasteiger partial charge in [-0.1, -0.05) is 12.5 Å². The molecule has 1 unspecified atom stereocenters. The van der Waals surface area contributed by atoms with Gasteiger partial charge >= 0.3 is 5.97 Å². The van der Waals surface area contributed by atoms with E-state index in [0.29, 0.717) is 12.5 Å². The van der Waals surface area contributed by atoms with E-state index in [1.54, 1.807) is 6.08 Å². The molecule has 0 aliphatic carbocycles. The first-order valence-electron chi connectivity index (χ1n) is 5.19. The molecule has 0 aromatic carbocycles.